The Morgan fingerprint density at radius 2 is 1.95 bits per heavy atom. The van der Waals surface area contributed by atoms with E-state index >= 15 is 0 Å². The number of nitrogens with zero attached hydrogens (tertiary/aromatic N) is 4. The molecule has 0 atom stereocenters. The van der Waals surface area contributed by atoms with Crippen LogP contribution in [0.4, 0.5) is 11.5 Å². The monoisotopic (exact) mass is 334 g/mol. The maximum atomic E-state index is 11.9. The van der Waals surface area contributed by atoms with Gasteiger partial charge in [0, 0.05) is 38.1 Å². The summed E-state index contributed by atoms with van der Waals surface area (Å²) >= 11 is 5.49. The molecule has 1 aromatic rings. The molecule has 0 unspecified atom stereocenters. The fraction of sp³-hybridized carbons (Fsp3) is 0.545. The van der Waals surface area contributed by atoms with E-state index in [4.69, 9.17) is 11.6 Å². The first-order valence-corrected chi connectivity index (χ1v) is 8.47. The van der Waals surface area contributed by atoms with E-state index in [-0.39, 0.29) is 17.5 Å². The third-order valence-corrected chi connectivity index (χ3v) is 5.54. The molecule has 0 radical (unpaired) electrons. The van der Waals surface area contributed by atoms with Crippen molar-refractivity contribution in [3.63, 3.8) is 0 Å². The average Bonchev–Trinajstić information content (AvgIpc) is 2.47. The number of anilines is 1. The second kappa shape index (κ2) is 6.54. The molecule has 8 nitrogen and oxygen atoms in total. The van der Waals surface area contributed by atoms with E-state index in [0.29, 0.717) is 26.2 Å². The van der Waals surface area contributed by atoms with Gasteiger partial charge in [-0.1, -0.05) is 0 Å². The molecule has 1 aromatic heterocycles. The SMILES string of the molecule is O=[N+]([O-])c1ccc(N2CCN(S(=O)(=O)CCCl)CC2)cn1. The molecule has 0 amide bonds. The van der Waals surface area contributed by atoms with Crippen LogP contribution in [0.2, 0.25) is 0 Å². The molecule has 0 saturated carbocycles. The zero-order valence-corrected chi connectivity index (χ0v) is 12.8. The predicted octanol–water partition coefficient (Wildman–Crippen LogP) is 0.680. The first-order valence-electron chi connectivity index (χ1n) is 6.33. The smallest absolute Gasteiger partial charge is 0.363 e. The second-order valence-electron chi connectivity index (χ2n) is 4.52. The van der Waals surface area contributed by atoms with Gasteiger partial charge in [0.2, 0.25) is 10.0 Å². The van der Waals surface area contributed by atoms with Crippen LogP contribution in [0.25, 0.3) is 0 Å². The molecule has 2 heterocycles. The van der Waals surface area contributed by atoms with Gasteiger partial charge in [-0.05, 0) is 16.0 Å². The van der Waals surface area contributed by atoms with Crippen LogP contribution in [-0.4, -0.2) is 60.4 Å². The lowest BCUT2D eigenvalue weighted by Crippen LogP contribution is -2.49. The summed E-state index contributed by atoms with van der Waals surface area (Å²) in [5.41, 5.74) is 0.745. The number of hydrogen-bond acceptors (Lipinski definition) is 6. The van der Waals surface area contributed by atoms with Crippen molar-refractivity contribution in [2.75, 3.05) is 42.7 Å². The number of piperazine rings is 1. The normalized spacial score (nSPS) is 16.9. The van der Waals surface area contributed by atoms with Crippen molar-refractivity contribution in [1.29, 1.82) is 0 Å². The lowest BCUT2D eigenvalue weighted by atomic mass is 10.3. The van der Waals surface area contributed by atoms with Crippen molar-refractivity contribution in [2.24, 2.45) is 0 Å². The maximum Gasteiger partial charge on any atom is 0.363 e. The Morgan fingerprint density at radius 1 is 1.29 bits per heavy atom. The first kappa shape index (κ1) is 15.9. The highest BCUT2D eigenvalue weighted by Crippen LogP contribution is 2.19. The largest absolute Gasteiger partial charge is 0.366 e. The number of nitro groups is 1. The van der Waals surface area contributed by atoms with Gasteiger partial charge in [-0.2, -0.15) is 4.31 Å². The molecule has 21 heavy (non-hydrogen) atoms. The van der Waals surface area contributed by atoms with Gasteiger partial charge < -0.3 is 15.0 Å². The Hall–Kier alpha value is -1.45. The Morgan fingerprint density at radius 3 is 2.43 bits per heavy atom. The van der Waals surface area contributed by atoms with Crippen molar-refractivity contribution in [3.8, 4) is 0 Å². The number of hydrogen-bond donors (Lipinski definition) is 0. The first-order chi connectivity index (χ1) is 9.94. The molecule has 0 N–H and O–H groups in total. The Labute approximate surface area is 127 Å². The Bertz CT molecular complexity index is 599. The van der Waals surface area contributed by atoms with Crippen LogP contribution < -0.4 is 4.90 Å². The third kappa shape index (κ3) is 3.80. The van der Waals surface area contributed by atoms with E-state index < -0.39 is 14.9 Å². The fourth-order valence-electron chi connectivity index (χ4n) is 2.12. The van der Waals surface area contributed by atoms with Crippen LogP contribution in [0, 0.1) is 10.1 Å². The zero-order chi connectivity index (χ0) is 15.5. The quantitative estimate of drug-likeness (QED) is 0.446. The maximum absolute atomic E-state index is 11.9. The number of sulfonamides is 1. The Balaban J connectivity index is 1.99. The highest BCUT2D eigenvalue weighted by atomic mass is 35.5. The van der Waals surface area contributed by atoms with Crippen LogP contribution >= 0.6 is 11.6 Å². The lowest BCUT2D eigenvalue weighted by molar-refractivity contribution is -0.389. The number of pyridine rings is 1. The summed E-state index contributed by atoms with van der Waals surface area (Å²) in [5, 5.41) is 10.5. The van der Waals surface area contributed by atoms with Crippen molar-refractivity contribution in [3.05, 3.63) is 28.4 Å². The van der Waals surface area contributed by atoms with Crippen LogP contribution in [0.15, 0.2) is 18.3 Å². The molecule has 0 aromatic carbocycles. The standard InChI is InChI=1S/C11H15ClN4O4S/c12-3-8-21(19,20)15-6-4-14(5-7-15)10-1-2-11(13-9-10)16(17)18/h1-2,9H,3-8H2. The number of alkyl halides is 1. The molecule has 0 spiro atoms. The van der Waals surface area contributed by atoms with Gasteiger partial charge in [-0.3, -0.25) is 0 Å². The van der Waals surface area contributed by atoms with Gasteiger partial charge in [0.05, 0.1) is 11.4 Å². The van der Waals surface area contributed by atoms with Gasteiger partial charge in [0.15, 0.2) is 6.20 Å². The van der Waals surface area contributed by atoms with Gasteiger partial charge in [0.1, 0.15) is 0 Å². The van der Waals surface area contributed by atoms with E-state index in [0.717, 1.165) is 5.69 Å². The van der Waals surface area contributed by atoms with Crippen LogP contribution in [0.1, 0.15) is 0 Å². The number of halogens is 1. The zero-order valence-electron chi connectivity index (χ0n) is 11.2. The van der Waals surface area contributed by atoms with E-state index in [1.54, 1.807) is 6.07 Å². The summed E-state index contributed by atoms with van der Waals surface area (Å²) in [6.45, 7) is 1.77. The third-order valence-electron chi connectivity index (χ3n) is 3.25. The summed E-state index contributed by atoms with van der Waals surface area (Å²) in [6, 6.07) is 2.96. The molecule has 10 heteroatoms. The van der Waals surface area contributed by atoms with Gasteiger partial charge in [0.25, 0.3) is 0 Å². The van der Waals surface area contributed by atoms with E-state index in [1.807, 2.05) is 4.90 Å². The lowest BCUT2D eigenvalue weighted by Gasteiger charge is -2.34. The highest BCUT2D eigenvalue weighted by Gasteiger charge is 2.27. The number of aromatic nitrogens is 1. The van der Waals surface area contributed by atoms with Crippen LogP contribution in [0.5, 0.6) is 0 Å². The summed E-state index contributed by atoms with van der Waals surface area (Å²) in [4.78, 5) is 15.7. The molecule has 1 saturated heterocycles. The second-order valence-corrected chi connectivity index (χ2v) is 6.99. The van der Waals surface area contributed by atoms with Crippen molar-refractivity contribution in [2.45, 2.75) is 0 Å². The predicted molar refractivity (Wildman–Crippen MR) is 79.2 cm³/mol. The fourth-order valence-corrected chi connectivity index (χ4v) is 3.88. The van der Waals surface area contributed by atoms with Crippen molar-refractivity contribution in [1.82, 2.24) is 9.29 Å². The van der Waals surface area contributed by atoms with E-state index in [1.165, 1.54) is 16.6 Å². The molecule has 1 aliphatic heterocycles. The van der Waals surface area contributed by atoms with Gasteiger partial charge >= 0.3 is 5.82 Å². The minimum Gasteiger partial charge on any atom is -0.366 e. The summed E-state index contributed by atoms with van der Waals surface area (Å²) in [6.07, 6.45) is 1.43. The molecule has 0 bridgehead atoms. The molecule has 0 aliphatic carbocycles. The van der Waals surface area contributed by atoms with Gasteiger partial charge in [-0.15, -0.1) is 11.6 Å². The minimum absolute atomic E-state index is 0.0619. The average molecular weight is 335 g/mol. The van der Waals surface area contributed by atoms with E-state index in [9.17, 15) is 18.5 Å². The minimum atomic E-state index is -3.29. The van der Waals surface area contributed by atoms with Crippen LogP contribution in [-0.2, 0) is 10.0 Å². The summed E-state index contributed by atoms with van der Waals surface area (Å²) in [5.74, 6) is -0.190. The Kier molecular flexibility index (Phi) is 4.96. The topological polar surface area (TPSA) is 96.6 Å². The van der Waals surface area contributed by atoms with Crippen LogP contribution in [0.3, 0.4) is 0 Å². The van der Waals surface area contributed by atoms with Crippen molar-refractivity contribution < 1.29 is 13.3 Å². The molecule has 2 rings (SSSR count). The molecular weight excluding hydrogens is 320 g/mol. The highest BCUT2D eigenvalue weighted by molar-refractivity contribution is 7.89. The van der Waals surface area contributed by atoms with E-state index in [2.05, 4.69) is 4.98 Å². The number of rotatable bonds is 5. The van der Waals surface area contributed by atoms with Crippen molar-refractivity contribution >= 4 is 33.1 Å². The molecule has 1 fully saturated rings. The molecule has 1 aliphatic rings. The molecule has 116 valence electrons. The van der Waals surface area contributed by atoms with Gasteiger partial charge in [-0.25, -0.2) is 8.42 Å². The summed E-state index contributed by atoms with van der Waals surface area (Å²) in [7, 11) is -3.29. The molecular formula is C11H15ClN4O4S. The summed E-state index contributed by atoms with van der Waals surface area (Å²) < 4.78 is 25.2.